The van der Waals surface area contributed by atoms with Crippen molar-refractivity contribution in [2.45, 2.75) is 38.6 Å². The molecule has 1 saturated heterocycles. The first-order valence-corrected chi connectivity index (χ1v) is 5.60. The molecule has 3 nitrogen and oxygen atoms in total. The van der Waals surface area contributed by atoms with Crippen LogP contribution in [0.2, 0.25) is 0 Å². The molecule has 1 rings (SSSR count). The number of hydrogen-bond donors (Lipinski definition) is 0. The van der Waals surface area contributed by atoms with Crippen LogP contribution in [0.3, 0.4) is 0 Å². The van der Waals surface area contributed by atoms with Crippen molar-refractivity contribution in [1.82, 2.24) is 4.90 Å². The third-order valence-electron chi connectivity index (χ3n) is 2.63. The Bertz CT molecular complexity index is 188. The lowest BCUT2D eigenvalue weighted by Crippen LogP contribution is -2.40. The molecule has 0 bridgehead atoms. The molecule has 0 spiro atoms. The van der Waals surface area contributed by atoms with Crippen LogP contribution in [0, 0.1) is 11.3 Å². The Balaban J connectivity index is 2.17. The number of rotatable bonds is 5. The summed E-state index contributed by atoms with van der Waals surface area (Å²) in [5.74, 6) is 0. The molecule has 1 aliphatic heterocycles. The molecule has 1 aliphatic rings. The maximum Gasteiger partial charge on any atom is 0.0978 e. The lowest BCUT2D eigenvalue weighted by molar-refractivity contribution is 0.0849. The van der Waals surface area contributed by atoms with Crippen LogP contribution >= 0.6 is 0 Å². The van der Waals surface area contributed by atoms with E-state index in [1.54, 1.807) is 0 Å². The maximum absolute atomic E-state index is 8.93. The highest BCUT2D eigenvalue weighted by atomic mass is 16.5. The molecule has 0 radical (unpaired) electrons. The number of nitriles is 1. The zero-order valence-corrected chi connectivity index (χ0v) is 9.04. The van der Waals surface area contributed by atoms with Crippen LogP contribution in [-0.4, -0.2) is 37.2 Å². The number of ether oxygens (including phenoxy) is 1. The van der Waals surface area contributed by atoms with Gasteiger partial charge in [-0.25, -0.2) is 0 Å². The molecule has 1 unspecified atom stereocenters. The predicted molar refractivity (Wildman–Crippen MR) is 55.9 cm³/mol. The molecule has 0 aromatic heterocycles. The summed E-state index contributed by atoms with van der Waals surface area (Å²) in [6, 6.07) is 2.50. The molecule has 1 heterocycles. The molecule has 0 aliphatic carbocycles. The molecule has 0 saturated carbocycles. The van der Waals surface area contributed by atoms with E-state index in [-0.39, 0.29) is 6.04 Å². The standard InChI is InChI=1S/C11H20N2O/c1-2-8-14-9-7-13-6-4-3-5-11(13)10-12/h11H,2-9H2,1H3. The summed E-state index contributed by atoms with van der Waals surface area (Å²) >= 11 is 0. The van der Waals surface area contributed by atoms with Crippen LogP contribution in [0.25, 0.3) is 0 Å². The summed E-state index contributed by atoms with van der Waals surface area (Å²) in [5, 5.41) is 8.93. The Morgan fingerprint density at radius 2 is 2.29 bits per heavy atom. The van der Waals surface area contributed by atoms with Crippen molar-refractivity contribution in [2.75, 3.05) is 26.3 Å². The van der Waals surface area contributed by atoms with Crippen LogP contribution < -0.4 is 0 Å². The quantitative estimate of drug-likeness (QED) is 0.629. The minimum atomic E-state index is 0.133. The van der Waals surface area contributed by atoms with Gasteiger partial charge in [-0.15, -0.1) is 0 Å². The summed E-state index contributed by atoms with van der Waals surface area (Å²) in [4.78, 5) is 2.25. The predicted octanol–water partition coefficient (Wildman–Crippen LogP) is 1.79. The highest BCUT2D eigenvalue weighted by molar-refractivity contribution is 4.93. The minimum absolute atomic E-state index is 0.133. The fraction of sp³-hybridized carbons (Fsp3) is 0.909. The van der Waals surface area contributed by atoms with Crippen LogP contribution in [0.5, 0.6) is 0 Å². The van der Waals surface area contributed by atoms with Crippen LogP contribution in [0.1, 0.15) is 32.6 Å². The minimum Gasteiger partial charge on any atom is -0.380 e. The third kappa shape index (κ3) is 3.65. The van der Waals surface area contributed by atoms with Crippen LogP contribution in [0.4, 0.5) is 0 Å². The zero-order valence-electron chi connectivity index (χ0n) is 9.04. The van der Waals surface area contributed by atoms with Gasteiger partial charge in [0.25, 0.3) is 0 Å². The average molecular weight is 196 g/mol. The summed E-state index contributed by atoms with van der Waals surface area (Å²) in [6.45, 7) is 5.70. The smallest absolute Gasteiger partial charge is 0.0978 e. The molecule has 3 heteroatoms. The first kappa shape index (κ1) is 11.5. The van der Waals surface area contributed by atoms with Crippen molar-refractivity contribution in [3.8, 4) is 6.07 Å². The lowest BCUT2D eigenvalue weighted by Gasteiger charge is -2.30. The number of piperidine rings is 1. The monoisotopic (exact) mass is 196 g/mol. The van der Waals surface area contributed by atoms with Gasteiger partial charge >= 0.3 is 0 Å². The van der Waals surface area contributed by atoms with Crippen molar-refractivity contribution in [1.29, 1.82) is 5.26 Å². The fourth-order valence-corrected chi connectivity index (χ4v) is 1.83. The van der Waals surface area contributed by atoms with Crippen molar-refractivity contribution in [3.05, 3.63) is 0 Å². The van der Waals surface area contributed by atoms with Gasteiger partial charge in [-0.1, -0.05) is 6.92 Å². The first-order valence-electron chi connectivity index (χ1n) is 5.60. The number of nitrogens with zero attached hydrogens (tertiary/aromatic N) is 2. The van der Waals surface area contributed by atoms with E-state index < -0.39 is 0 Å². The highest BCUT2D eigenvalue weighted by Gasteiger charge is 2.20. The number of likely N-dealkylation sites (tertiary alicyclic amines) is 1. The van der Waals surface area contributed by atoms with Gasteiger partial charge in [-0.3, -0.25) is 4.90 Å². The summed E-state index contributed by atoms with van der Waals surface area (Å²) in [6.07, 6.45) is 4.53. The summed E-state index contributed by atoms with van der Waals surface area (Å²) in [5.41, 5.74) is 0. The van der Waals surface area contributed by atoms with E-state index in [1.165, 1.54) is 12.8 Å². The molecule has 0 aromatic carbocycles. The zero-order chi connectivity index (χ0) is 10.2. The lowest BCUT2D eigenvalue weighted by atomic mass is 10.0. The second-order valence-electron chi connectivity index (χ2n) is 3.79. The van der Waals surface area contributed by atoms with E-state index in [1.807, 2.05) is 0 Å². The van der Waals surface area contributed by atoms with E-state index in [4.69, 9.17) is 10.00 Å². The van der Waals surface area contributed by atoms with E-state index in [2.05, 4.69) is 17.9 Å². The van der Waals surface area contributed by atoms with Gasteiger partial charge < -0.3 is 4.74 Å². The van der Waals surface area contributed by atoms with E-state index in [9.17, 15) is 0 Å². The Morgan fingerprint density at radius 3 is 3.00 bits per heavy atom. The first-order chi connectivity index (χ1) is 6.88. The van der Waals surface area contributed by atoms with Gasteiger partial charge in [-0.05, 0) is 32.2 Å². The summed E-state index contributed by atoms with van der Waals surface area (Å²) < 4.78 is 5.43. The topological polar surface area (TPSA) is 36.3 Å². The summed E-state index contributed by atoms with van der Waals surface area (Å²) in [7, 11) is 0. The number of hydrogen-bond acceptors (Lipinski definition) is 3. The molecule has 1 atom stereocenters. The molecule has 1 fully saturated rings. The highest BCUT2D eigenvalue weighted by Crippen LogP contribution is 2.15. The molecule has 0 amide bonds. The van der Waals surface area contributed by atoms with Gasteiger partial charge in [0.15, 0.2) is 0 Å². The van der Waals surface area contributed by atoms with Gasteiger partial charge in [0.2, 0.25) is 0 Å². The Kier molecular flexibility index (Phi) is 5.58. The molecule has 0 aromatic rings. The molecular weight excluding hydrogens is 176 g/mol. The normalized spacial score (nSPS) is 23.3. The molecule has 14 heavy (non-hydrogen) atoms. The Morgan fingerprint density at radius 1 is 1.43 bits per heavy atom. The van der Waals surface area contributed by atoms with Crippen LogP contribution in [-0.2, 0) is 4.74 Å². The maximum atomic E-state index is 8.93. The Labute approximate surface area is 86.6 Å². The van der Waals surface area contributed by atoms with Gasteiger partial charge in [0.05, 0.1) is 18.7 Å². The van der Waals surface area contributed by atoms with Gasteiger partial charge in [0.1, 0.15) is 0 Å². The van der Waals surface area contributed by atoms with E-state index >= 15 is 0 Å². The second kappa shape index (κ2) is 6.80. The third-order valence-corrected chi connectivity index (χ3v) is 2.63. The van der Waals surface area contributed by atoms with Crippen molar-refractivity contribution >= 4 is 0 Å². The van der Waals surface area contributed by atoms with Crippen molar-refractivity contribution in [2.24, 2.45) is 0 Å². The second-order valence-corrected chi connectivity index (χ2v) is 3.79. The average Bonchev–Trinajstić information content (AvgIpc) is 2.25. The van der Waals surface area contributed by atoms with Gasteiger partial charge in [-0.2, -0.15) is 5.26 Å². The van der Waals surface area contributed by atoms with Crippen LogP contribution in [0.15, 0.2) is 0 Å². The molecular formula is C11H20N2O. The van der Waals surface area contributed by atoms with E-state index in [0.717, 1.165) is 39.1 Å². The van der Waals surface area contributed by atoms with E-state index in [0.29, 0.717) is 0 Å². The fourth-order valence-electron chi connectivity index (χ4n) is 1.83. The molecule has 0 N–H and O–H groups in total. The van der Waals surface area contributed by atoms with Crippen molar-refractivity contribution < 1.29 is 4.74 Å². The SMILES string of the molecule is CCCOCCN1CCCCC1C#N. The largest absolute Gasteiger partial charge is 0.380 e. The van der Waals surface area contributed by atoms with Crippen molar-refractivity contribution in [3.63, 3.8) is 0 Å². The molecule has 80 valence electrons. The van der Waals surface area contributed by atoms with Gasteiger partial charge in [0, 0.05) is 13.2 Å². The Hall–Kier alpha value is -0.590.